The fraction of sp³-hybridized carbons (Fsp3) is 0.769. The molecule has 0 aromatic carbocycles. The van der Waals surface area contributed by atoms with Gasteiger partial charge in [0, 0.05) is 0 Å². The number of piperidine rings is 1. The van der Waals surface area contributed by atoms with Gasteiger partial charge >= 0.3 is 5.82 Å². The van der Waals surface area contributed by atoms with Crippen LogP contribution in [0.15, 0.2) is 13.6 Å². The molecule has 1 aliphatic heterocycles. The highest BCUT2D eigenvalue weighted by Gasteiger charge is 2.20. The third kappa shape index (κ3) is 3.22. The normalized spacial score (nSPS) is 18.7. The van der Waals surface area contributed by atoms with E-state index in [-0.39, 0.29) is 0 Å². The molecule has 4 heteroatoms. The SMILES string of the molecule is CCCC1CCN(Cc2oc(=O)oc2C)CC1. The molecule has 0 spiro atoms. The first-order valence-electron chi connectivity index (χ1n) is 6.50. The highest BCUT2D eigenvalue weighted by Crippen LogP contribution is 2.23. The van der Waals surface area contributed by atoms with Crippen LogP contribution in [0.1, 0.15) is 44.1 Å². The lowest BCUT2D eigenvalue weighted by atomic mass is 9.92. The second-order valence-electron chi connectivity index (χ2n) is 4.94. The molecule has 1 aromatic heterocycles. The van der Waals surface area contributed by atoms with Crippen LogP contribution in [0.2, 0.25) is 0 Å². The molecule has 0 N–H and O–H groups in total. The van der Waals surface area contributed by atoms with Crippen LogP contribution < -0.4 is 5.82 Å². The summed E-state index contributed by atoms with van der Waals surface area (Å²) in [5.41, 5.74) is 0. The molecular formula is C13H21NO3. The van der Waals surface area contributed by atoms with Gasteiger partial charge in [0.1, 0.15) is 5.76 Å². The number of hydrogen-bond acceptors (Lipinski definition) is 4. The minimum atomic E-state index is -0.585. The van der Waals surface area contributed by atoms with Crippen LogP contribution in [0.4, 0.5) is 0 Å². The monoisotopic (exact) mass is 239 g/mol. The Morgan fingerprint density at radius 3 is 2.53 bits per heavy atom. The van der Waals surface area contributed by atoms with E-state index in [9.17, 15) is 4.79 Å². The zero-order chi connectivity index (χ0) is 12.3. The average Bonchev–Trinajstić information content (AvgIpc) is 2.61. The number of hydrogen-bond donors (Lipinski definition) is 0. The number of nitrogens with zero attached hydrogens (tertiary/aromatic N) is 1. The fourth-order valence-electron chi connectivity index (χ4n) is 2.56. The third-order valence-corrected chi connectivity index (χ3v) is 3.61. The van der Waals surface area contributed by atoms with Gasteiger partial charge in [0.25, 0.3) is 0 Å². The van der Waals surface area contributed by atoms with E-state index in [0.717, 1.165) is 19.0 Å². The Balaban J connectivity index is 1.86. The maximum Gasteiger partial charge on any atom is 0.519 e. The molecule has 96 valence electrons. The van der Waals surface area contributed by atoms with Crippen molar-refractivity contribution in [2.24, 2.45) is 5.92 Å². The van der Waals surface area contributed by atoms with Crippen LogP contribution in [0.5, 0.6) is 0 Å². The van der Waals surface area contributed by atoms with E-state index in [1.165, 1.54) is 25.7 Å². The summed E-state index contributed by atoms with van der Waals surface area (Å²) in [5.74, 6) is 1.60. The maximum atomic E-state index is 10.9. The van der Waals surface area contributed by atoms with Gasteiger partial charge < -0.3 is 8.83 Å². The van der Waals surface area contributed by atoms with Crippen molar-refractivity contribution >= 4 is 0 Å². The molecule has 1 fully saturated rings. The smallest absolute Gasteiger partial charge is 0.396 e. The summed E-state index contributed by atoms with van der Waals surface area (Å²) >= 11 is 0. The summed E-state index contributed by atoms with van der Waals surface area (Å²) in [6, 6.07) is 0. The Morgan fingerprint density at radius 2 is 2.00 bits per heavy atom. The van der Waals surface area contributed by atoms with E-state index in [1.54, 1.807) is 6.92 Å². The van der Waals surface area contributed by atoms with Crippen LogP contribution in [0.3, 0.4) is 0 Å². The van der Waals surface area contributed by atoms with Crippen LogP contribution in [0, 0.1) is 12.8 Å². The molecule has 1 aromatic rings. The van der Waals surface area contributed by atoms with Crippen molar-refractivity contribution in [1.29, 1.82) is 0 Å². The molecule has 0 saturated carbocycles. The molecule has 2 rings (SSSR count). The number of aryl methyl sites for hydroxylation is 1. The standard InChI is InChI=1S/C13H21NO3/c1-3-4-11-5-7-14(8-6-11)9-12-10(2)16-13(15)17-12/h11H,3-9H2,1-2H3. The average molecular weight is 239 g/mol. The molecule has 1 aliphatic rings. The molecule has 17 heavy (non-hydrogen) atoms. The predicted octanol–water partition coefficient (Wildman–Crippen LogP) is 2.55. The Bertz CT molecular complexity index is 399. The Morgan fingerprint density at radius 1 is 1.29 bits per heavy atom. The van der Waals surface area contributed by atoms with Crippen molar-refractivity contribution in [2.75, 3.05) is 13.1 Å². The van der Waals surface area contributed by atoms with Gasteiger partial charge in [-0.05, 0) is 38.8 Å². The number of rotatable bonds is 4. The highest BCUT2D eigenvalue weighted by molar-refractivity contribution is 5.00. The summed E-state index contributed by atoms with van der Waals surface area (Å²) in [5, 5.41) is 0. The van der Waals surface area contributed by atoms with Crippen LogP contribution in [-0.4, -0.2) is 18.0 Å². The van der Waals surface area contributed by atoms with Gasteiger partial charge in [-0.25, -0.2) is 4.79 Å². The van der Waals surface area contributed by atoms with E-state index in [2.05, 4.69) is 11.8 Å². The Hall–Kier alpha value is -1.03. The molecule has 0 aliphatic carbocycles. The van der Waals surface area contributed by atoms with Crippen LogP contribution in [0.25, 0.3) is 0 Å². The molecule has 1 saturated heterocycles. The highest BCUT2D eigenvalue weighted by atomic mass is 16.6. The van der Waals surface area contributed by atoms with E-state index < -0.39 is 5.82 Å². The molecule has 0 unspecified atom stereocenters. The van der Waals surface area contributed by atoms with E-state index >= 15 is 0 Å². The second kappa shape index (κ2) is 5.54. The largest absolute Gasteiger partial charge is 0.519 e. The van der Waals surface area contributed by atoms with Gasteiger partial charge in [0.15, 0.2) is 5.76 Å². The Labute approximate surface area is 102 Å². The first-order valence-corrected chi connectivity index (χ1v) is 6.50. The summed E-state index contributed by atoms with van der Waals surface area (Å²) < 4.78 is 9.89. The molecule has 2 heterocycles. The molecule has 0 amide bonds. The quantitative estimate of drug-likeness (QED) is 0.810. The molecule has 0 bridgehead atoms. The van der Waals surface area contributed by atoms with Gasteiger partial charge in [-0.1, -0.05) is 19.8 Å². The van der Waals surface area contributed by atoms with Crippen molar-refractivity contribution in [3.8, 4) is 0 Å². The van der Waals surface area contributed by atoms with Gasteiger partial charge in [-0.3, -0.25) is 4.90 Å². The summed E-state index contributed by atoms with van der Waals surface area (Å²) in [7, 11) is 0. The van der Waals surface area contributed by atoms with Crippen molar-refractivity contribution in [3.05, 3.63) is 22.1 Å². The van der Waals surface area contributed by atoms with E-state index in [4.69, 9.17) is 8.83 Å². The summed E-state index contributed by atoms with van der Waals surface area (Å²) in [6.07, 6.45) is 5.14. The zero-order valence-electron chi connectivity index (χ0n) is 10.7. The lowest BCUT2D eigenvalue weighted by Crippen LogP contribution is -2.33. The van der Waals surface area contributed by atoms with Gasteiger partial charge in [-0.2, -0.15) is 0 Å². The van der Waals surface area contributed by atoms with Crippen molar-refractivity contribution in [3.63, 3.8) is 0 Å². The lowest BCUT2D eigenvalue weighted by Gasteiger charge is -2.31. The van der Waals surface area contributed by atoms with Crippen molar-refractivity contribution in [2.45, 2.75) is 46.1 Å². The van der Waals surface area contributed by atoms with Crippen LogP contribution >= 0.6 is 0 Å². The van der Waals surface area contributed by atoms with Crippen molar-refractivity contribution < 1.29 is 8.83 Å². The third-order valence-electron chi connectivity index (χ3n) is 3.61. The van der Waals surface area contributed by atoms with E-state index in [0.29, 0.717) is 18.1 Å². The topological polar surface area (TPSA) is 46.6 Å². The Kier molecular flexibility index (Phi) is 4.05. The molecular weight excluding hydrogens is 218 g/mol. The van der Waals surface area contributed by atoms with Crippen LogP contribution in [-0.2, 0) is 6.54 Å². The minimum Gasteiger partial charge on any atom is -0.396 e. The van der Waals surface area contributed by atoms with Gasteiger partial charge in [-0.15, -0.1) is 0 Å². The minimum absolute atomic E-state index is 0.585. The first kappa shape index (κ1) is 12.4. The lowest BCUT2D eigenvalue weighted by molar-refractivity contribution is 0.160. The van der Waals surface area contributed by atoms with E-state index in [1.807, 2.05) is 0 Å². The van der Waals surface area contributed by atoms with Gasteiger partial charge in [0.2, 0.25) is 0 Å². The summed E-state index contributed by atoms with van der Waals surface area (Å²) in [6.45, 7) is 6.92. The maximum absolute atomic E-state index is 10.9. The van der Waals surface area contributed by atoms with Gasteiger partial charge in [0.05, 0.1) is 6.54 Å². The molecule has 4 nitrogen and oxygen atoms in total. The second-order valence-corrected chi connectivity index (χ2v) is 4.94. The zero-order valence-corrected chi connectivity index (χ0v) is 10.7. The predicted molar refractivity (Wildman–Crippen MR) is 64.9 cm³/mol. The fourth-order valence-corrected chi connectivity index (χ4v) is 2.56. The molecule has 0 atom stereocenters. The summed E-state index contributed by atoms with van der Waals surface area (Å²) in [4.78, 5) is 13.3. The van der Waals surface area contributed by atoms with Crippen molar-refractivity contribution in [1.82, 2.24) is 4.90 Å². The molecule has 0 radical (unpaired) electrons. The first-order chi connectivity index (χ1) is 8.19. The number of likely N-dealkylation sites (tertiary alicyclic amines) is 1.